The number of carbonyl (C=O) groups is 1. The number of para-hydroxylation sites is 2. The van der Waals surface area contributed by atoms with Crippen LogP contribution in [0.4, 0.5) is 14.5 Å². The van der Waals surface area contributed by atoms with Gasteiger partial charge in [-0.05, 0) is 50.6 Å². The van der Waals surface area contributed by atoms with Gasteiger partial charge >= 0.3 is 0 Å². The van der Waals surface area contributed by atoms with Crippen LogP contribution in [0.2, 0.25) is 0 Å². The summed E-state index contributed by atoms with van der Waals surface area (Å²) in [6.07, 6.45) is 1.86. The van der Waals surface area contributed by atoms with Crippen molar-refractivity contribution in [2.45, 2.75) is 31.8 Å². The Bertz CT molecular complexity index is 937. The summed E-state index contributed by atoms with van der Waals surface area (Å²) >= 11 is 1.63. The van der Waals surface area contributed by atoms with Gasteiger partial charge in [-0.25, -0.2) is 13.8 Å². The zero-order chi connectivity index (χ0) is 19.0. The number of nitrogens with zero attached hydrogens (tertiary/aromatic N) is 2. The molecule has 4 nitrogen and oxygen atoms in total. The summed E-state index contributed by atoms with van der Waals surface area (Å²) in [7, 11) is 0. The van der Waals surface area contributed by atoms with Crippen LogP contribution in [0.15, 0.2) is 42.5 Å². The van der Waals surface area contributed by atoms with Crippen molar-refractivity contribution in [2.24, 2.45) is 0 Å². The Morgan fingerprint density at radius 1 is 1.22 bits per heavy atom. The minimum absolute atomic E-state index is 0.0358. The first kappa shape index (κ1) is 18.0. The summed E-state index contributed by atoms with van der Waals surface area (Å²) < 4.78 is 28.8. The van der Waals surface area contributed by atoms with Gasteiger partial charge in [0.2, 0.25) is 5.91 Å². The molecule has 0 radical (unpaired) electrons. The lowest BCUT2D eigenvalue weighted by Crippen LogP contribution is -2.41. The van der Waals surface area contributed by atoms with E-state index < -0.39 is 29.3 Å². The Kier molecular flexibility index (Phi) is 4.88. The van der Waals surface area contributed by atoms with Gasteiger partial charge in [-0.15, -0.1) is 11.3 Å². The number of amides is 1. The van der Waals surface area contributed by atoms with Gasteiger partial charge in [0, 0.05) is 0 Å². The molecule has 140 valence electrons. The van der Waals surface area contributed by atoms with Crippen molar-refractivity contribution in [1.29, 1.82) is 0 Å². The number of likely N-dealkylation sites (tertiary alicyclic amines) is 1. The predicted molar refractivity (Wildman–Crippen MR) is 103 cm³/mol. The molecule has 27 heavy (non-hydrogen) atoms. The second kappa shape index (κ2) is 7.32. The Morgan fingerprint density at radius 2 is 1.96 bits per heavy atom. The van der Waals surface area contributed by atoms with E-state index >= 15 is 0 Å². The molecule has 4 rings (SSSR count). The molecule has 1 aliphatic rings. The molecule has 2 heterocycles. The normalized spacial score (nSPS) is 18.7. The maximum absolute atomic E-state index is 13.8. The summed E-state index contributed by atoms with van der Waals surface area (Å²) in [4.78, 5) is 19.4. The van der Waals surface area contributed by atoms with Crippen LogP contribution in [0.3, 0.4) is 0 Å². The lowest BCUT2D eigenvalue weighted by Gasteiger charge is -2.28. The van der Waals surface area contributed by atoms with Gasteiger partial charge in [-0.1, -0.05) is 18.2 Å². The van der Waals surface area contributed by atoms with E-state index in [4.69, 9.17) is 4.98 Å². The number of hydrogen-bond acceptors (Lipinski definition) is 4. The second-order valence-electron chi connectivity index (χ2n) is 6.68. The van der Waals surface area contributed by atoms with E-state index in [1.807, 2.05) is 24.3 Å². The van der Waals surface area contributed by atoms with Gasteiger partial charge in [0.1, 0.15) is 22.3 Å². The molecule has 1 amide bonds. The zero-order valence-corrected chi connectivity index (χ0v) is 15.6. The minimum Gasteiger partial charge on any atom is -0.320 e. The molecule has 1 saturated heterocycles. The molecule has 0 spiro atoms. The van der Waals surface area contributed by atoms with Gasteiger partial charge in [-0.3, -0.25) is 9.69 Å². The Hall–Kier alpha value is -2.38. The van der Waals surface area contributed by atoms with Crippen LogP contribution in [0.1, 0.15) is 30.8 Å². The van der Waals surface area contributed by atoms with E-state index in [1.165, 1.54) is 6.07 Å². The zero-order valence-electron chi connectivity index (χ0n) is 14.8. The molecule has 1 aromatic heterocycles. The van der Waals surface area contributed by atoms with Crippen LogP contribution in [0.5, 0.6) is 0 Å². The third-order valence-electron chi connectivity index (χ3n) is 4.98. The summed E-state index contributed by atoms with van der Waals surface area (Å²) in [5.74, 6) is -1.98. The standard InChI is InChI=1S/C20H19F2N3OS/c1-12(19(26)24-18-13(21)6-4-7-14(18)22)25-11-5-9-16(25)20-23-15-8-2-3-10-17(15)27-20/h2-4,6-8,10,12,16H,5,9,11H2,1H3,(H,24,26). The molecular formula is C20H19F2N3OS. The molecule has 1 fully saturated rings. The fraction of sp³-hybridized carbons (Fsp3) is 0.300. The number of aromatic nitrogens is 1. The van der Waals surface area contributed by atoms with Gasteiger partial charge in [-0.2, -0.15) is 0 Å². The van der Waals surface area contributed by atoms with Crippen LogP contribution < -0.4 is 5.32 Å². The van der Waals surface area contributed by atoms with Gasteiger partial charge in [0.05, 0.1) is 22.3 Å². The average Bonchev–Trinajstić information content (AvgIpc) is 3.30. The third kappa shape index (κ3) is 3.44. The molecule has 2 unspecified atom stereocenters. The lowest BCUT2D eigenvalue weighted by molar-refractivity contribution is -0.121. The van der Waals surface area contributed by atoms with Crippen molar-refractivity contribution >= 4 is 33.1 Å². The van der Waals surface area contributed by atoms with E-state index in [0.29, 0.717) is 0 Å². The lowest BCUT2D eigenvalue weighted by atomic mass is 10.2. The molecule has 7 heteroatoms. The maximum Gasteiger partial charge on any atom is 0.241 e. The molecule has 1 N–H and O–H groups in total. The van der Waals surface area contributed by atoms with Crippen LogP contribution in [-0.4, -0.2) is 28.4 Å². The fourth-order valence-electron chi connectivity index (χ4n) is 3.55. The van der Waals surface area contributed by atoms with Crippen LogP contribution in [0.25, 0.3) is 10.2 Å². The highest BCUT2D eigenvalue weighted by molar-refractivity contribution is 7.18. The quantitative estimate of drug-likeness (QED) is 0.703. The SMILES string of the molecule is CC(C(=O)Nc1c(F)cccc1F)N1CCCC1c1nc2ccccc2s1. The largest absolute Gasteiger partial charge is 0.320 e. The van der Waals surface area contributed by atoms with Gasteiger partial charge in [0.15, 0.2) is 0 Å². The molecule has 2 atom stereocenters. The Morgan fingerprint density at radius 3 is 2.70 bits per heavy atom. The molecule has 1 aliphatic heterocycles. The first-order valence-corrected chi connectivity index (χ1v) is 9.72. The molecule has 0 aliphatic carbocycles. The number of fused-ring (bicyclic) bond motifs is 1. The van der Waals surface area contributed by atoms with Crippen LogP contribution in [0, 0.1) is 11.6 Å². The predicted octanol–water partition coefficient (Wildman–Crippen LogP) is 4.74. The highest BCUT2D eigenvalue weighted by Gasteiger charge is 2.35. The van der Waals surface area contributed by atoms with Crippen LogP contribution >= 0.6 is 11.3 Å². The monoisotopic (exact) mass is 387 g/mol. The van der Waals surface area contributed by atoms with E-state index in [2.05, 4.69) is 10.2 Å². The molecule has 2 aromatic carbocycles. The Balaban J connectivity index is 1.55. The number of hydrogen-bond donors (Lipinski definition) is 1. The van der Waals surface area contributed by atoms with E-state index in [-0.39, 0.29) is 6.04 Å². The fourth-order valence-corrected chi connectivity index (χ4v) is 4.67. The number of thiazole rings is 1. The number of nitrogens with one attached hydrogen (secondary N) is 1. The number of rotatable bonds is 4. The third-order valence-corrected chi connectivity index (χ3v) is 6.12. The van der Waals surface area contributed by atoms with Crippen molar-refractivity contribution in [1.82, 2.24) is 9.88 Å². The average molecular weight is 387 g/mol. The summed E-state index contributed by atoms with van der Waals surface area (Å²) in [6, 6.07) is 11.0. The van der Waals surface area contributed by atoms with Crippen molar-refractivity contribution < 1.29 is 13.6 Å². The van der Waals surface area contributed by atoms with Crippen molar-refractivity contribution in [2.75, 3.05) is 11.9 Å². The van der Waals surface area contributed by atoms with Crippen molar-refractivity contribution in [3.8, 4) is 0 Å². The van der Waals surface area contributed by atoms with E-state index in [0.717, 1.165) is 46.7 Å². The number of benzene rings is 2. The number of carbonyl (C=O) groups excluding carboxylic acids is 1. The van der Waals surface area contributed by atoms with E-state index in [9.17, 15) is 13.6 Å². The topological polar surface area (TPSA) is 45.2 Å². The smallest absolute Gasteiger partial charge is 0.241 e. The van der Waals surface area contributed by atoms with Crippen LogP contribution in [-0.2, 0) is 4.79 Å². The first-order chi connectivity index (χ1) is 13.0. The highest BCUT2D eigenvalue weighted by Crippen LogP contribution is 2.37. The first-order valence-electron chi connectivity index (χ1n) is 8.90. The van der Waals surface area contributed by atoms with Gasteiger partial charge < -0.3 is 5.32 Å². The van der Waals surface area contributed by atoms with Crippen molar-refractivity contribution in [3.05, 3.63) is 59.1 Å². The van der Waals surface area contributed by atoms with Crippen molar-refractivity contribution in [3.63, 3.8) is 0 Å². The van der Waals surface area contributed by atoms with Gasteiger partial charge in [0.25, 0.3) is 0 Å². The number of anilines is 1. The highest BCUT2D eigenvalue weighted by atomic mass is 32.1. The number of halogens is 2. The maximum atomic E-state index is 13.8. The Labute approximate surface area is 159 Å². The summed E-state index contributed by atoms with van der Waals surface area (Å²) in [5.41, 5.74) is 0.556. The van der Waals surface area contributed by atoms with E-state index in [1.54, 1.807) is 18.3 Å². The molecular weight excluding hydrogens is 368 g/mol. The minimum atomic E-state index is -0.778. The summed E-state index contributed by atoms with van der Waals surface area (Å²) in [5, 5.41) is 3.38. The second-order valence-corrected chi connectivity index (χ2v) is 7.74. The summed E-state index contributed by atoms with van der Waals surface area (Å²) in [6.45, 7) is 2.51. The molecule has 3 aromatic rings. The molecule has 0 saturated carbocycles. The molecule has 0 bridgehead atoms.